The molecule has 1 aromatic heterocycles. The summed E-state index contributed by atoms with van der Waals surface area (Å²) in [6.07, 6.45) is -4.91. The Hall–Kier alpha value is -4.28. The predicted molar refractivity (Wildman–Crippen MR) is 140 cm³/mol. The lowest BCUT2D eigenvalue weighted by Gasteiger charge is -2.15. The van der Waals surface area contributed by atoms with E-state index in [2.05, 4.69) is 20.4 Å². The largest absolute Gasteiger partial charge is 0.573 e. The minimum absolute atomic E-state index is 0.000444. The number of nitrogens with one attached hydrogen (secondary N) is 2. The van der Waals surface area contributed by atoms with Gasteiger partial charge in [0.25, 0.3) is 11.8 Å². The lowest BCUT2D eigenvalue weighted by atomic mass is 10.1. The summed E-state index contributed by atoms with van der Waals surface area (Å²) in [7, 11) is 0. The number of hydrogen-bond acceptors (Lipinski definition) is 5. The van der Waals surface area contributed by atoms with Gasteiger partial charge in [0.15, 0.2) is 11.4 Å². The number of nitrogens with zero attached hydrogens (tertiary/aromatic N) is 1. The van der Waals surface area contributed by atoms with Crippen molar-refractivity contribution in [2.24, 2.45) is 0 Å². The fourth-order valence-corrected chi connectivity index (χ4v) is 4.01. The van der Waals surface area contributed by atoms with Crippen molar-refractivity contribution in [2.75, 3.05) is 5.32 Å². The van der Waals surface area contributed by atoms with E-state index in [9.17, 15) is 27.9 Å². The number of phenolic OH excluding ortho intramolecular Hbond substituents is 1. The molecular weight excluding hydrogens is 558 g/mol. The number of pyridine rings is 1. The molecule has 0 bridgehead atoms. The van der Waals surface area contributed by atoms with Crippen molar-refractivity contribution in [1.82, 2.24) is 10.3 Å². The van der Waals surface area contributed by atoms with Gasteiger partial charge < -0.3 is 20.5 Å². The van der Waals surface area contributed by atoms with E-state index in [1.807, 2.05) is 0 Å². The van der Waals surface area contributed by atoms with Gasteiger partial charge in [-0.25, -0.2) is 4.98 Å². The molecule has 0 aliphatic heterocycles. The summed E-state index contributed by atoms with van der Waals surface area (Å²) in [5.41, 5.74) is 0.980. The Bertz CT molecular complexity index is 1510. The quantitative estimate of drug-likeness (QED) is 0.224. The van der Waals surface area contributed by atoms with Crippen LogP contribution in [-0.2, 0) is 6.54 Å². The van der Waals surface area contributed by atoms with Crippen LogP contribution in [0.25, 0.3) is 11.3 Å². The maximum atomic E-state index is 13.2. The van der Waals surface area contributed by atoms with Gasteiger partial charge in [-0.2, -0.15) is 0 Å². The minimum atomic E-state index is -4.91. The number of anilines is 1. The van der Waals surface area contributed by atoms with Gasteiger partial charge >= 0.3 is 6.36 Å². The number of ether oxygens (including phenoxy) is 1. The molecule has 7 nitrogen and oxygen atoms in total. The highest BCUT2D eigenvalue weighted by Gasteiger charge is 2.32. The second-order valence-electron chi connectivity index (χ2n) is 8.04. The van der Waals surface area contributed by atoms with Crippen molar-refractivity contribution < 1.29 is 32.6 Å². The minimum Gasteiger partial charge on any atom is -0.505 e. The molecule has 0 saturated heterocycles. The Labute approximate surface area is 230 Å². The van der Waals surface area contributed by atoms with Crippen molar-refractivity contribution >= 4 is 40.7 Å². The molecular formula is C27H18Cl2F3N3O4. The van der Waals surface area contributed by atoms with Gasteiger partial charge in [0.05, 0.1) is 21.4 Å². The van der Waals surface area contributed by atoms with Crippen LogP contribution < -0.4 is 15.4 Å². The van der Waals surface area contributed by atoms with Crippen LogP contribution in [0.2, 0.25) is 10.0 Å². The SMILES string of the molecule is O=C(Nc1ccc(-c2ccccc2)nc1C(=O)NCc1ccccc1OC(F)(F)F)c1cc(Cl)c(O)c(Cl)c1. The topological polar surface area (TPSA) is 101 Å². The Balaban J connectivity index is 1.64. The van der Waals surface area contributed by atoms with Gasteiger partial charge in [-0.15, -0.1) is 13.2 Å². The number of para-hydroxylation sites is 1. The number of carbonyl (C=O) groups is 2. The van der Waals surface area contributed by atoms with Crippen LogP contribution >= 0.6 is 23.2 Å². The zero-order chi connectivity index (χ0) is 28.2. The number of carbonyl (C=O) groups excluding carboxylic acids is 2. The summed E-state index contributed by atoms with van der Waals surface area (Å²) < 4.78 is 42.4. The summed E-state index contributed by atoms with van der Waals surface area (Å²) in [5.74, 6) is -2.33. The van der Waals surface area contributed by atoms with Crippen molar-refractivity contribution in [3.8, 4) is 22.8 Å². The number of aromatic nitrogens is 1. The van der Waals surface area contributed by atoms with Gasteiger partial charge in [0.1, 0.15) is 5.75 Å². The van der Waals surface area contributed by atoms with Crippen molar-refractivity contribution in [2.45, 2.75) is 12.9 Å². The fourth-order valence-electron chi connectivity index (χ4n) is 3.53. The highest BCUT2D eigenvalue weighted by atomic mass is 35.5. The van der Waals surface area contributed by atoms with Crippen molar-refractivity contribution in [3.05, 3.63) is 106 Å². The molecule has 0 aliphatic carbocycles. The molecule has 3 aromatic carbocycles. The molecule has 4 aromatic rings. The van der Waals surface area contributed by atoms with E-state index in [4.69, 9.17) is 23.2 Å². The molecule has 200 valence electrons. The second kappa shape index (κ2) is 11.6. The van der Waals surface area contributed by atoms with Crippen LogP contribution in [0.15, 0.2) is 78.9 Å². The number of hydrogen-bond donors (Lipinski definition) is 3. The van der Waals surface area contributed by atoms with Crippen LogP contribution in [0.4, 0.5) is 18.9 Å². The lowest BCUT2D eigenvalue weighted by Crippen LogP contribution is -2.27. The first-order chi connectivity index (χ1) is 18.5. The number of amides is 2. The van der Waals surface area contributed by atoms with Gasteiger partial charge in [-0.3, -0.25) is 9.59 Å². The summed E-state index contributed by atoms with van der Waals surface area (Å²) in [5, 5.41) is 14.6. The standard InChI is InChI=1S/C27H18Cl2F3N3O4/c28-18-12-17(13-19(29)24(18)36)25(37)35-21-11-10-20(15-6-2-1-3-7-15)34-23(21)26(38)33-14-16-8-4-5-9-22(16)39-27(30,31)32/h1-13,36H,14H2,(H,33,38)(H,35,37). The zero-order valence-electron chi connectivity index (χ0n) is 19.7. The summed E-state index contributed by atoms with van der Waals surface area (Å²) in [6, 6.07) is 19.7. The van der Waals surface area contributed by atoms with Crippen LogP contribution in [0.1, 0.15) is 26.4 Å². The molecule has 0 fully saturated rings. The lowest BCUT2D eigenvalue weighted by molar-refractivity contribution is -0.274. The number of halogens is 5. The maximum Gasteiger partial charge on any atom is 0.573 e. The molecule has 0 unspecified atom stereocenters. The Morgan fingerprint density at radius 1 is 0.897 bits per heavy atom. The predicted octanol–water partition coefficient (Wildman–Crippen LogP) is 6.84. The van der Waals surface area contributed by atoms with Gasteiger partial charge in [0, 0.05) is 23.2 Å². The molecule has 1 heterocycles. The smallest absolute Gasteiger partial charge is 0.505 e. The average Bonchev–Trinajstić information content (AvgIpc) is 2.90. The number of aromatic hydroxyl groups is 1. The highest BCUT2D eigenvalue weighted by Crippen LogP contribution is 2.33. The monoisotopic (exact) mass is 575 g/mol. The molecule has 0 saturated carbocycles. The fraction of sp³-hybridized carbons (Fsp3) is 0.0741. The van der Waals surface area contributed by atoms with E-state index in [1.165, 1.54) is 36.4 Å². The molecule has 0 spiro atoms. The Kier molecular flexibility index (Phi) is 8.27. The molecule has 0 aliphatic rings. The second-order valence-corrected chi connectivity index (χ2v) is 8.85. The Morgan fingerprint density at radius 3 is 2.21 bits per heavy atom. The molecule has 39 heavy (non-hydrogen) atoms. The number of rotatable bonds is 7. The third kappa shape index (κ3) is 6.98. The van der Waals surface area contributed by atoms with E-state index in [0.29, 0.717) is 11.3 Å². The number of benzene rings is 3. The summed E-state index contributed by atoms with van der Waals surface area (Å²) in [4.78, 5) is 30.6. The zero-order valence-corrected chi connectivity index (χ0v) is 21.2. The first-order valence-electron chi connectivity index (χ1n) is 11.2. The normalized spacial score (nSPS) is 11.1. The molecule has 0 radical (unpaired) electrons. The summed E-state index contributed by atoms with van der Waals surface area (Å²) >= 11 is 11.8. The number of phenols is 1. The third-order valence-corrected chi connectivity index (χ3v) is 5.92. The van der Waals surface area contributed by atoms with E-state index < -0.39 is 29.7 Å². The van der Waals surface area contributed by atoms with Gasteiger partial charge in [-0.1, -0.05) is 71.7 Å². The molecule has 3 N–H and O–H groups in total. The van der Waals surface area contributed by atoms with Crippen LogP contribution in [0.5, 0.6) is 11.5 Å². The highest BCUT2D eigenvalue weighted by molar-refractivity contribution is 6.37. The van der Waals surface area contributed by atoms with Crippen LogP contribution in [0, 0.1) is 0 Å². The van der Waals surface area contributed by atoms with E-state index >= 15 is 0 Å². The number of alkyl halides is 3. The first kappa shape index (κ1) is 27.7. The average molecular weight is 576 g/mol. The van der Waals surface area contributed by atoms with E-state index in [0.717, 1.165) is 6.07 Å². The maximum absolute atomic E-state index is 13.2. The first-order valence-corrected chi connectivity index (χ1v) is 11.9. The van der Waals surface area contributed by atoms with Gasteiger partial charge in [-0.05, 0) is 30.3 Å². The molecule has 0 atom stereocenters. The van der Waals surface area contributed by atoms with Crippen molar-refractivity contribution in [3.63, 3.8) is 0 Å². The van der Waals surface area contributed by atoms with E-state index in [1.54, 1.807) is 36.4 Å². The molecule has 2 amide bonds. The van der Waals surface area contributed by atoms with E-state index in [-0.39, 0.29) is 39.1 Å². The van der Waals surface area contributed by atoms with Crippen LogP contribution in [-0.4, -0.2) is 28.3 Å². The Morgan fingerprint density at radius 2 is 1.54 bits per heavy atom. The van der Waals surface area contributed by atoms with Crippen LogP contribution in [0.3, 0.4) is 0 Å². The summed E-state index contributed by atoms with van der Waals surface area (Å²) in [6.45, 7) is -0.321. The van der Waals surface area contributed by atoms with Gasteiger partial charge in [0.2, 0.25) is 0 Å². The third-order valence-electron chi connectivity index (χ3n) is 5.34. The molecule has 12 heteroatoms. The van der Waals surface area contributed by atoms with Crippen molar-refractivity contribution in [1.29, 1.82) is 0 Å². The molecule has 4 rings (SSSR count).